The monoisotopic (exact) mass is 554 g/mol. The largest absolute Gasteiger partial charge is 0.394 e. The van der Waals surface area contributed by atoms with Gasteiger partial charge in [-0.3, -0.25) is 0 Å². The number of ether oxygens (including phenoxy) is 8. The van der Waals surface area contributed by atoms with Crippen molar-refractivity contribution in [2.45, 2.75) is 119 Å². The van der Waals surface area contributed by atoms with Crippen LogP contribution in [-0.4, -0.2) is 140 Å². The standard InChI is InChI=1S/C25H46O13/c1-4-5-6-7-8-9-10-33-23-19(30)20(38-25-22(32-3)18(29)15(12-27)36-25)16(37-23)13-34-24-21(31-2)17(28)14(11-26)35-24/h14-30H,4-13H2,1-3H3/t14-,15-,16-,17-,18-,19+,20-,21+,22+,23+,24+,25-/m1/s1. The fourth-order valence-electron chi connectivity index (χ4n) is 5.02. The summed E-state index contributed by atoms with van der Waals surface area (Å²) >= 11 is 0. The van der Waals surface area contributed by atoms with Gasteiger partial charge in [0, 0.05) is 20.8 Å². The van der Waals surface area contributed by atoms with E-state index in [1.807, 2.05) is 0 Å². The minimum Gasteiger partial charge on any atom is -0.394 e. The van der Waals surface area contributed by atoms with Gasteiger partial charge in [-0.1, -0.05) is 39.0 Å². The Morgan fingerprint density at radius 3 is 1.76 bits per heavy atom. The van der Waals surface area contributed by atoms with Crippen molar-refractivity contribution >= 4 is 0 Å². The van der Waals surface area contributed by atoms with E-state index in [1.165, 1.54) is 33.5 Å². The normalized spacial score (nSPS) is 41.4. The van der Waals surface area contributed by atoms with Crippen LogP contribution < -0.4 is 0 Å². The molecule has 12 atom stereocenters. The van der Waals surface area contributed by atoms with Crippen molar-refractivity contribution in [2.75, 3.05) is 40.6 Å². The van der Waals surface area contributed by atoms with Gasteiger partial charge in [-0.2, -0.15) is 0 Å². The van der Waals surface area contributed by atoms with Gasteiger partial charge in [-0.05, 0) is 6.42 Å². The fourth-order valence-corrected chi connectivity index (χ4v) is 5.02. The molecule has 0 bridgehead atoms. The zero-order valence-electron chi connectivity index (χ0n) is 22.5. The van der Waals surface area contributed by atoms with Crippen molar-refractivity contribution in [3.63, 3.8) is 0 Å². The lowest BCUT2D eigenvalue weighted by atomic mass is 10.1. The van der Waals surface area contributed by atoms with E-state index < -0.39 is 87.0 Å². The van der Waals surface area contributed by atoms with Crippen LogP contribution in [0, 0.1) is 0 Å². The summed E-state index contributed by atoms with van der Waals surface area (Å²) in [5.74, 6) is 0. The Balaban J connectivity index is 1.62. The summed E-state index contributed by atoms with van der Waals surface area (Å²) in [6.07, 6.45) is -5.40. The highest BCUT2D eigenvalue weighted by molar-refractivity contribution is 4.94. The van der Waals surface area contributed by atoms with Gasteiger partial charge < -0.3 is 63.4 Å². The Kier molecular flexibility index (Phi) is 13.5. The number of hydrogen-bond donors (Lipinski definition) is 5. The van der Waals surface area contributed by atoms with Crippen LogP contribution in [0.5, 0.6) is 0 Å². The highest BCUT2D eigenvalue weighted by Gasteiger charge is 2.52. The molecule has 0 aromatic rings. The highest BCUT2D eigenvalue weighted by Crippen LogP contribution is 2.33. The number of methoxy groups -OCH3 is 2. The molecule has 5 N–H and O–H groups in total. The Morgan fingerprint density at radius 1 is 0.605 bits per heavy atom. The predicted octanol–water partition coefficient (Wildman–Crippen LogP) is -0.963. The van der Waals surface area contributed by atoms with Gasteiger partial charge in [0.25, 0.3) is 0 Å². The molecule has 0 saturated carbocycles. The Hall–Kier alpha value is -0.520. The number of aliphatic hydroxyl groups is 5. The van der Waals surface area contributed by atoms with E-state index in [0.29, 0.717) is 6.61 Å². The molecule has 224 valence electrons. The lowest BCUT2D eigenvalue weighted by Crippen LogP contribution is -2.45. The first-order chi connectivity index (χ1) is 18.4. The third-order valence-electron chi connectivity index (χ3n) is 7.28. The Bertz CT molecular complexity index is 657. The second kappa shape index (κ2) is 16.1. The molecule has 13 nitrogen and oxygen atoms in total. The van der Waals surface area contributed by atoms with Crippen molar-refractivity contribution in [1.29, 1.82) is 0 Å². The van der Waals surface area contributed by atoms with E-state index >= 15 is 0 Å². The fraction of sp³-hybridized carbons (Fsp3) is 1.00. The van der Waals surface area contributed by atoms with Crippen molar-refractivity contribution in [1.82, 2.24) is 0 Å². The Labute approximate surface area is 223 Å². The second-order valence-corrected chi connectivity index (χ2v) is 9.94. The molecular formula is C25H46O13. The molecule has 3 aliphatic heterocycles. The van der Waals surface area contributed by atoms with Gasteiger partial charge in [0.15, 0.2) is 18.9 Å². The summed E-state index contributed by atoms with van der Waals surface area (Å²) < 4.78 is 45.4. The molecule has 0 radical (unpaired) electrons. The zero-order chi connectivity index (χ0) is 27.7. The average Bonchev–Trinajstić information content (AvgIpc) is 3.51. The highest BCUT2D eigenvalue weighted by atomic mass is 16.8. The maximum Gasteiger partial charge on any atom is 0.187 e. The minimum atomic E-state index is -1.21. The molecule has 3 rings (SSSR count). The van der Waals surface area contributed by atoms with E-state index in [4.69, 9.17) is 37.9 Å². The summed E-state index contributed by atoms with van der Waals surface area (Å²) in [5, 5.41) is 50.6. The molecule has 0 aromatic heterocycles. The molecule has 0 spiro atoms. The van der Waals surface area contributed by atoms with Gasteiger partial charge >= 0.3 is 0 Å². The van der Waals surface area contributed by atoms with Gasteiger partial charge in [-0.15, -0.1) is 0 Å². The molecule has 0 amide bonds. The third-order valence-corrected chi connectivity index (χ3v) is 7.28. The molecule has 3 aliphatic rings. The molecule has 3 saturated heterocycles. The van der Waals surface area contributed by atoms with Crippen LogP contribution in [0.4, 0.5) is 0 Å². The van der Waals surface area contributed by atoms with Crippen molar-refractivity contribution in [3.05, 3.63) is 0 Å². The first-order valence-corrected chi connectivity index (χ1v) is 13.6. The van der Waals surface area contributed by atoms with Crippen LogP contribution >= 0.6 is 0 Å². The molecule has 0 aromatic carbocycles. The van der Waals surface area contributed by atoms with Crippen molar-refractivity contribution in [2.24, 2.45) is 0 Å². The van der Waals surface area contributed by atoms with Crippen LogP contribution in [0.3, 0.4) is 0 Å². The predicted molar refractivity (Wildman–Crippen MR) is 130 cm³/mol. The van der Waals surface area contributed by atoms with Crippen molar-refractivity contribution < 1.29 is 63.4 Å². The van der Waals surface area contributed by atoms with E-state index in [0.717, 1.165) is 19.3 Å². The smallest absolute Gasteiger partial charge is 0.187 e. The topological polar surface area (TPSA) is 175 Å². The molecular weight excluding hydrogens is 508 g/mol. The van der Waals surface area contributed by atoms with Gasteiger partial charge in [0.1, 0.15) is 54.9 Å². The molecule has 3 heterocycles. The molecule has 38 heavy (non-hydrogen) atoms. The van der Waals surface area contributed by atoms with E-state index in [2.05, 4.69) is 6.92 Å². The molecule has 3 fully saturated rings. The average molecular weight is 555 g/mol. The number of hydrogen-bond acceptors (Lipinski definition) is 13. The van der Waals surface area contributed by atoms with Crippen LogP contribution in [-0.2, 0) is 37.9 Å². The summed E-state index contributed by atoms with van der Waals surface area (Å²) in [6.45, 7) is 1.57. The van der Waals surface area contributed by atoms with Crippen LogP contribution in [0.1, 0.15) is 45.4 Å². The third kappa shape index (κ3) is 7.81. The summed E-state index contributed by atoms with van der Waals surface area (Å²) in [6, 6.07) is 0. The summed E-state index contributed by atoms with van der Waals surface area (Å²) in [5.41, 5.74) is 0. The first-order valence-electron chi connectivity index (χ1n) is 13.6. The molecule has 0 aliphatic carbocycles. The molecule has 13 heteroatoms. The first kappa shape index (κ1) is 32.0. The van der Waals surface area contributed by atoms with Gasteiger partial charge in [0.05, 0.1) is 19.8 Å². The number of unbranched alkanes of at least 4 members (excludes halogenated alkanes) is 5. The maximum absolute atomic E-state index is 11.0. The lowest BCUT2D eigenvalue weighted by molar-refractivity contribution is -0.231. The Morgan fingerprint density at radius 2 is 1.16 bits per heavy atom. The van der Waals surface area contributed by atoms with Crippen LogP contribution in [0.25, 0.3) is 0 Å². The van der Waals surface area contributed by atoms with Gasteiger partial charge in [0.2, 0.25) is 0 Å². The maximum atomic E-state index is 11.0. The summed E-state index contributed by atoms with van der Waals surface area (Å²) in [7, 11) is 2.78. The van der Waals surface area contributed by atoms with E-state index in [9.17, 15) is 25.5 Å². The van der Waals surface area contributed by atoms with Crippen LogP contribution in [0.2, 0.25) is 0 Å². The number of aliphatic hydroxyl groups excluding tert-OH is 5. The van der Waals surface area contributed by atoms with Crippen molar-refractivity contribution in [3.8, 4) is 0 Å². The van der Waals surface area contributed by atoms with E-state index in [1.54, 1.807) is 0 Å². The van der Waals surface area contributed by atoms with E-state index in [-0.39, 0.29) is 6.61 Å². The summed E-state index contributed by atoms with van der Waals surface area (Å²) in [4.78, 5) is 0. The quantitative estimate of drug-likeness (QED) is 0.139. The SMILES string of the molecule is CCCCCCCCO[C@H]1O[C@H](CO[C@H]2O[C@H](CO)[C@@H](O)[C@@H]2OC)[C@@H](O[C@H]2O[C@H](CO)[C@@H](O)[C@@H]2OC)[C@@H]1O. The lowest BCUT2D eigenvalue weighted by Gasteiger charge is -2.27. The minimum absolute atomic E-state index is 0.135. The second-order valence-electron chi connectivity index (χ2n) is 9.94. The molecule has 0 unspecified atom stereocenters. The van der Waals surface area contributed by atoms with Gasteiger partial charge in [-0.25, -0.2) is 0 Å². The zero-order valence-corrected chi connectivity index (χ0v) is 22.5. The van der Waals surface area contributed by atoms with Crippen LogP contribution in [0.15, 0.2) is 0 Å². The number of rotatable bonds is 17.